The average Bonchev–Trinajstić information content (AvgIpc) is 2.40. The highest BCUT2D eigenvalue weighted by molar-refractivity contribution is 5.67. The van der Waals surface area contributed by atoms with Crippen molar-refractivity contribution >= 4 is 6.29 Å². The van der Waals surface area contributed by atoms with Crippen molar-refractivity contribution in [3.05, 3.63) is 0 Å². The highest BCUT2D eigenvalue weighted by Crippen LogP contribution is 2.41. The summed E-state index contributed by atoms with van der Waals surface area (Å²) in [6.07, 6.45) is -4.75. The van der Waals surface area contributed by atoms with E-state index in [1.165, 1.54) is 0 Å². The summed E-state index contributed by atoms with van der Waals surface area (Å²) in [4.78, 5) is 9.69. The third kappa shape index (κ3) is 0.808. The van der Waals surface area contributed by atoms with E-state index >= 15 is 0 Å². The van der Waals surface area contributed by atoms with Crippen LogP contribution in [0.15, 0.2) is 0 Å². The summed E-state index contributed by atoms with van der Waals surface area (Å²) in [6.45, 7) is -0.528. The fourth-order valence-corrected chi connectivity index (χ4v) is 0.376. The molecule has 52 valence electrons. The van der Waals surface area contributed by atoms with Crippen LogP contribution in [0, 0.1) is 0 Å². The van der Waals surface area contributed by atoms with Crippen molar-refractivity contribution in [3.63, 3.8) is 0 Å². The van der Waals surface area contributed by atoms with Crippen molar-refractivity contribution in [1.82, 2.24) is 0 Å². The van der Waals surface area contributed by atoms with Gasteiger partial charge in [0.05, 0.1) is 6.61 Å². The molecule has 1 aliphatic heterocycles. The highest BCUT2D eigenvalue weighted by atomic mass is 19.4. The Bertz CT molecular complexity index is 135. The number of carbonyl (C=O) groups is 1. The van der Waals surface area contributed by atoms with Crippen molar-refractivity contribution in [1.29, 1.82) is 0 Å². The Kier molecular flexibility index (Phi) is 1.07. The van der Waals surface area contributed by atoms with Gasteiger partial charge in [-0.05, 0) is 0 Å². The molecule has 1 saturated heterocycles. The Labute approximate surface area is 48.6 Å². The molecule has 1 aliphatic rings. The summed E-state index contributed by atoms with van der Waals surface area (Å²) in [7, 11) is 0. The first kappa shape index (κ1) is 6.54. The largest absolute Gasteiger partial charge is 0.426 e. The van der Waals surface area contributed by atoms with Crippen LogP contribution in [0.4, 0.5) is 13.2 Å². The number of ether oxygens (including phenoxy) is 1. The second kappa shape index (κ2) is 1.47. The Morgan fingerprint density at radius 3 is 2.00 bits per heavy atom. The van der Waals surface area contributed by atoms with Gasteiger partial charge in [-0.1, -0.05) is 0 Å². The lowest BCUT2D eigenvalue weighted by Crippen LogP contribution is -2.34. The number of aldehydes is 1. The van der Waals surface area contributed by atoms with Crippen molar-refractivity contribution in [2.24, 2.45) is 0 Å². The normalized spacial score (nSPS) is 34.1. The fourth-order valence-electron chi connectivity index (χ4n) is 0.376. The van der Waals surface area contributed by atoms with Crippen LogP contribution in [0.5, 0.6) is 0 Å². The number of rotatable bonds is 1. The van der Waals surface area contributed by atoms with Gasteiger partial charge in [-0.2, -0.15) is 13.2 Å². The summed E-state index contributed by atoms with van der Waals surface area (Å²) in [5.41, 5.74) is -2.45. The zero-order valence-corrected chi connectivity index (χ0v) is 4.23. The van der Waals surface area contributed by atoms with Gasteiger partial charge in [0.25, 0.3) is 0 Å². The summed E-state index contributed by atoms with van der Waals surface area (Å²) in [5, 5.41) is 0. The molecule has 0 bridgehead atoms. The topological polar surface area (TPSA) is 29.6 Å². The minimum absolute atomic E-state index is 0.215. The molecule has 1 rings (SSSR count). The molecule has 0 aromatic rings. The highest BCUT2D eigenvalue weighted by Gasteiger charge is 2.66. The Morgan fingerprint density at radius 2 is 2.00 bits per heavy atom. The van der Waals surface area contributed by atoms with E-state index in [2.05, 4.69) is 4.74 Å². The first-order chi connectivity index (χ1) is 4.02. The molecule has 0 N–H and O–H groups in total. The van der Waals surface area contributed by atoms with Gasteiger partial charge in [0.2, 0.25) is 5.60 Å². The van der Waals surface area contributed by atoms with Gasteiger partial charge < -0.3 is 4.74 Å². The smallest absolute Gasteiger partial charge is 0.353 e. The van der Waals surface area contributed by atoms with Gasteiger partial charge in [0.15, 0.2) is 6.29 Å². The second-order valence-electron chi connectivity index (χ2n) is 1.79. The molecule has 0 saturated carbocycles. The van der Waals surface area contributed by atoms with Crippen LogP contribution in [0.3, 0.4) is 0 Å². The van der Waals surface area contributed by atoms with Crippen molar-refractivity contribution in [3.8, 4) is 0 Å². The summed E-state index contributed by atoms with van der Waals surface area (Å²) in [6, 6.07) is 0. The van der Waals surface area contributed by atoms with Crippen LogP contribution >= 0.6 is 0 Å². The molecule has 0 spiro atoms. The van der Waals surface area contributed by atoms with Gasteiger partial charge in [0, 0.05) is 0 Å². The molecular weight excluding hydrogens is 137 g/mol. The maximum atomic E-state index is 11.5. The van der Waals surface area contributed by atoms with Crippen LogP contribution in [0.2, 0.25) is 0 Å². The maximum Gasteiger partial charge on any atom is 0.426 e. The molecule has 0 radical (unpaired) electrons. The van der Waals surface area contributed by atoms with Crippen molar-refractivity contribution in [2.45, 2.75) is 11.8 Å². The molecular formula is C4H3F3O2. The van der Waals surface area contributed by atoms with Crippen LogP contribution in [0.1, 0.15) is 0 Å². The Balaban J connectivity index is 2.71. The standard InChI is InChI=1S/C4H3F3O2/c5-4(6,7)3(1-8)2-9-3/h1H,2H2. The Morgan fingerprint density at radius 1 is 1.56 bits per heavy atom. The quantitative estimate of drug-likeness (QED) is 0.392. The number of carbonyl (C=O) groups excluding carboxylic acids is 1. The molecule has 0 aromatic carbocycles. The van der Waals surface area contributed by atoms with E-state index in [1.807, 2.05) is 0 Å². The molecule has 1 atom stereocenters. The van der Waals surface area contributed by atoms with Gasteiger partial charge in [0.1, 0.15) is 0 Å². The third-order valence-corrected chi connectivity index (χ3v) is 1.13. The van der Waals surface area contributed by atoms with Crippen LogP contribution in [-0.2, 0) is 9.53 Å². The molecule has 5 heteroatoms. The van der Waals surface area contributed by atoms with Crippen LogP contribution < -0.4 is 0 Å². The lowest BCUT2D eigenvalue weighted by Gasteiger charge is -2.06. The predicted molar refractivity (Wildman–Crippen MR) is 20.8 cm³/mol. The molecule has 1 heterocycles. The molecule has 0 amide bonds. The summed E-state index contributed by atoms with van der Waals surface area (Å²) in [5.74, 6) is 0. The monoisotopic (exact) mass is 140 g/mol. The van der Waals surface area contributed by atoms with Gasteiger partial charge >= 0.3 is 6.18 Å². The lowest BCUT2D eigenvalue weighted by atomic mass is 10.2. The van der Waals surface area contributed by atoms with E-state index in [0.29, 0.717) is 0 Å². The summed E-state index contributed by atoms with van der Waals surface area (Å²) >= 11 is 0. The van der Waals surface area contributed by atoms with Gasteiger partial charge in [-0.25, -0.2) is 0 Å². The molecule has 1 fully saturated rings. The minimum atomic E-state index is -4.53. The molecule has 0 aromatic heterocycles. The summed E-state index contributed by atoms with van der Waals surface area (Å²) < 4.78 is 38.5. The molecule has 0 aliphatic carbocycles. The van der Waals surface area contributed by atoms with Crippen LogP contribution in [0.25, 0.3) is 0 Å². The van der Waals surface area contributed by atoms with Crippen molar-refractivity contribution in [2.75, 3.05) is 6.61 Å². The molecule has 9 heavy (non-hydrogen) atoms. The molecule has 2 nitrogen and oxygen atoms in total. The average molecular weight is 140 g/mol. The maximum absolute atomic E-state index is 11.5. The number of alkyl halides is 3. The van der Waals surface area contributed by atoms with E-state index in [0.717, 1.165) is 0 Å². The second-order valence-corrected chi connectivity index (χ2v) is 1.79. The fraction of sp³-hybridized carbons (Fsp3) is 0.750. The lowest BCUT2D eigenvalue weighted by molar-refractivity contribution is -0.181. The van der Waals surface area contributed by atoms with E-state index in [4.69, 9.17) is 0 Å². The first-order valence-electron chi connectivity index (χ1n) is 2.19. The number of hydrogen-bond acceptors (Lipinski definition) is 2. The van der Waals surface area contributed by atoms with Crippen molar-refractivity contribution < 1.29 is 22.7 Å². The van der Waals surface area contributed by atoms with E-state index in [-0.39, 0.29) is 6.29 Å². The van der Waals surface area contributed by atoms with Crippen LogP contribution in [-0.4, -0.2) is 24.7 Å². The van der Waals surface area contributed by atoms with Gasteiger partial charge in [-0.3, -0.25) is 4.79 Å². The first-order valence-corrected chi connectivity index (χ1v) is 2.19. The zero-order chi connectivity index (χ0) is 7.12. The number of halogens is 3. The Hall–Kier alpha value is -0.580. The molecule has 1 unspecified atom stereocenters. The predicted octanol–water partition coefficient (Wildman–Crippen LogP) is 0.517. The van der Waals surface area contributed by atoms with E-state index < -0.39 is 18.4 Å². The van der Waals surface area contributed by atoms with Gasteiger partial charge in [-0.15, -0.1) is 0 Å². The third-order valence-electron chi connectivity index (χ3n) is 1.13. The minimum Gasteiger partial charge on any atom is -0.353 e. The number of epoxide rings is 1. The van der Waals surface area contributed by atoms with E-state index in [9.17, 15) is 18.0 Å². The SMILES string of the molecule is O=CC1(C(F)(F)F)CO1. The number of hydrogen-bond donors (Lipinski definition) is 0. The zero-order valence-electron chi connectivity index (χ0n) is 4.23. The van der Waals surface area contributed by atoms with E-state index in [1.54, 1.807) is 0 Å².